The molecule has 168 valence electrons. The largest absolute Gasteiger partial charge is 0.378 e. The van der Waals surface area contributed by atoms with Crippen molar-refractivity contribution < 1.29 is 14.3 Å². The number of nitrogens with two attached hydrogens (primary N) is 1. The number of benzene rings is 2. The van der Waals surface area contributed by atoms with Gasteiger partial charge in [-0.05, 0) is 23.3 Å². The number of likely N-dealkylation sites (N-methyl/N-ethyl adjacent to an activating group) is 1. The van der Waals surface area contributed by atoms with Crippen LogP contribution in [0.5, 0.6) is 0 Å². The van der Waals surface area contributed by atoms with Crippen LogP contribution in [0.1, 0.15) is 11.1 Å². The number of nitrogens with zero attached hydrogens (tertiary/aromatic N) is 2. The van der Waals surface area contributed by atoms with E-state index in [0.717, 1.165) is 40.8 Å². The van der Waals surface area contributed by atoms with E-state index in [9.17, 15) is 9.59 Å². The number of carbonyl (C=O) groups excluding carboxylic acids is 2. The molecule has 32 heavy (non-hydrogen) atoms. The molecule has 0 spiro atoms. The van der Waals surface area contributed by atoms with Crippen molar-refractivity contribution in [1.82, 2.24) is 15.2 Å². The Bertz CT molecular complexity index is 1090. The molecular formula is C24H29N5O3. The highest BCUT2D eigenvalue weighted by Gasteiger charge is 2.26. The highest BCUT2D eigenvalue weighted by Crippen LogP contribution is 2.24. The van der Waals surface area contributed by atoms with Gasteiger partial charge in [0.1, 0.15) is 6.04 Å². The Hall–Kier alpha value is -3.52. The van der Waals surface area contributed by atoms with Crippen molar-refractivity contribution >= 4 is 28.5 Å². The van der Waals surface area contributed by atoms with Gasteiger partial charge in [-0.2, -0.15) is 0 Å². The van der Waals surface area contributed by atoms with E-state index >= 15 is 0 Å². The van der Waals surface area contributed by atoms with E-state index in [1.807, 2.05) is 48.7 Å². The molecule has 1 saturated heterocycles. The van der Waals surface area contributed by atoms with Crippen molar-refractivity contribution in [3.63, 3.8) is 0 Å². The molecular weight excluding hydrogens is 406 g/mol. The number of primary amides is 1. The van der Waals surface area contributed by atoms with Crippen LogP contribution in [0.3, 0.4) is 0 Å². The third-order valence-electron chi connectivity index (χ3n) is 5.84. The normalized spacial score (nSPS) is 14.8. The Balaban J connectivity index is 1.52. The number of hydrogen-bond donors (Lipinski definition) is 3. The number of carbonyl (C=O) groups is 2. The SMILES string of the molecule is CN(Cc1ccccc1N1CCOCC1)C(=O)C(Cc1c[nH]c2ccccc12)NC(N)=O. The molecule has 3 aromatic rings. The van der Waals surface area contributed by atoms with Gasteiger partial charge in [0.05, 0.1) is 13.2 Å². The zero-order valence-corrected chi connectivity index (χ0v) is 18.2. The number of para-hydroxylation sites is 2. The van der Waals surface area contributed by atoms with Crippen molar-refractivity contribution in [3.05, 3.63) is 65.9 Å². The summed E-state index contributed by atoms with van der Waals surface area (Å²) in [6.45, 7) is 3.45. The summed E-state index contributed by atoms with van der Waals surface area (Å²) in [7, 11) is 1.75. The molecule has 3 amide bonds. The highest BCUT2D eigenvalue weighted by molar-refractivity contribution is 5.89. The second-order valence-electron chi connectivity index (χ2n) is 8.05. The summed E-state index contributed by atoms with van der Waals surface area (Å²) < 4.78 is 5.47. The first-order valence-electron chi connectivity index (χ1n) is 10.8. The molecule has 1 atom stereocenters. The second kappa shape index (κ2) is 9.74. The Labute approximate surface area is 187 Å². The van der Waals surface area contributed by atoms with Crippen LogP contribution in [0.4, 0.5) is 10.5 Å². The lowest BCUT2D eigenvalue weighted by Crippen LogP contribution is -2.50. The number of nitrogens with one attached hydrogen (secondary N) is 2. The molecule has 4 N–H and O–H groups in total. The van der Waals surface area contributed by atoms with Gasteiger partial charge in [-0.25, -0.2) is 4.79 Å². The molecule has 1 fully saturated rings. The van der Waals surface area contributed by atoms with Crippen LogP contribution in [-0.4, -0.2) is 61.2 Å². The Morgan fingerprint density at radius 3 is 2.62 bits per heavy atom. The summed E-state index contributed by atoms with van der Waals surface area (Å²) in [4.78, 5) is 32.1. The third-order valence-corrected chi connectivity index (χ3v) is 5.84. The number of ether oxygens (including phenoxy) is 1. The van der Waals surface area contributed by atoms with Gasteiger partial charge >= 0.3 is 6.03 Å². The fraction of sp³-hybridized carbons (Fsp3) is 0.333. The minimum Gasteiger partial charge on any atom is -0.378 e. The number of H-pyrrole nitrogens is 1. The monoisotopic (exact) mass is 435 g/mol. The van der Waals surface area contributed by atoms with Crippen molar-refractivity contribution in [3.8, 4) is 0 Å². The molecule has 1 aliphatic rings. The first-order chi connectivity index (χ1) is 15.5. The van der Waals surface area contributed by atoms with Crippen molar-refractivity contribution in [1.29, 1.82) is 0 Å². The summed E-state index contributed by atoms with van der Waals surface area (Å²) in [6.07, 6.45) is 2.22. The van der Waals surface area contributed by atoms with Gasteiger partial charge in [-0.1, -0.05) is 36.4 Å². The number of morpholine rings is 1. The van der Waals surface area contributed by atoms with E-state index in [1.165, 1.54) is 0 Å². The van der Waals surface area contributed by atoms with Crippen LogP contribution in [0.2, 0.25) is 0 Å². The predicted octanol–water partition coefficient (Wildman–Crippen LogP) is 2.24. The number of urea groups is 1. The van der Waals surface area contributed by atoms with Crippen LogP contribution in [0, 0.1) is 0 Å². The number of hydrogen-bond acceptors (Lipinski definition) is 4. The van der Waals surface area contributed by atoms with E-state index in [1.54, 1.807) is 11.9 Å². The van der Waals surface area contributed by atoms with Crippen molar-refractivity contribution in [2.45, 2.75) is 19.0 Å². The average molecular weight is 436 g/mol. The minimum absolute atomic E-state index is 0.189. The van der Waals surface area contributed by atoms with Crippen LogP contribution in [0.15, 0.2) is 54.7 Å². The zero-order chi connectivity index (χ0) is 22.5. The van der Waals surface area contributed by atoms with E-state index < -0.39 is 12.1 Å². The molecule has 0 aliphatic carbocycles. The van der Waals surface area contributed by atoms with Crippen LogP contribution >= 0.6 is 0 Å². The third kappa shape index (κ3) is 4.86. The fourth-order valence-electron chi connectivity index (χ4n) is 4.25. The van der Waals surface area contributed by atoms with Crippen LogP contribution in [0.25, 0.3) is 10.9 Å². The molecule has 2 aromatic carbocycles. The quantitative estimate of drug-likeness (QED) is 0.529. The van der Waals surface area contributed by atoms with E-state index in [-0.39, 0.29) is 5.91 Å². The first-order valence-corrected chi connectivity index (χ1v) is 10.8. The van der Waals surface area contributed by atoms with Crippen molar-refractivity contribution in [2.24, 2.45) is 5.73 Å². The maximum Gasteiger partial charge on any atom is 0.312 e. The summed E-state index contributed by atoms with van der Waals surface area (Å²) in [5, 5.41) is 3.66. The maximum atomic E-state index is 13.3. The molecule has 0 radical (unpaired) electrons. The van der Waals surface area contributed by atoms with E-state index in [4.69, 9.17) is 10.5 Å². The zero-order valence-electron chi connectivity index (χ0n) is 18.2. The fourth-order valence-corrected chi connectivity index (χ4v) is 4.25. The maximum absolute atomic E-state index is 13.3. The highest BCUT2D eigenvalue weighted by atomic mass is 16.5. The van der Waals surface area contributed by atoms with Gasteiger partial charge in [-0.15, -0.1) is 0 Å². The standard InChI is InChI=1S/C24H29N5O3/c1-28(16-17-6-2-5-9-22(17)29-10-12-32-13-11-29)23(30)21(27-24(25)31)14-18-15-26-20-8-4-3-7-19(18)20/h2-9,15,21,26H,10-14,16H2,1H3,(H3,25,27,31). The molecule has 2 heterocycles. The number of aromatic amines is 1. The first kappa shape index (κ1) is 21.7. The lowest BCUT2D eigenvalue weighted by atomic mass is 10.0. The van der Waals surface area contributed by atoms with Gasteiger partial charge in [0.2, 0.25) is 5.91 Å². The second-order valence-corrected chi connectivity index (χ2v) is 8.05. The smallest absolute Gasteiger partial charge is 0.312 e. The summed E-state index contributed by atoms with van der Waals surface area (Å²) in [5.41, 5.74) is 9.49. The number of rotatable bonds is 7. The van der Waals surface area contributed by atoms with E-state index in [0.29, 0.717) is 26.2 Å². The lowest BCUT2D eigenvalue weighted by Gasteiger charge is -2.32. The van der Waals surface area contributed by atoms with Crippen LogP contribution in [-0.2, 0) is 22.5 Å². The number of amides is 3. The Morgan fingerprint density at radius 1 is 1.12 bits per heavy atom. The molecule has 8 heteroatoms. The van der Waals surface area contributed by atoms with Crippen LogP contribution < -0.4 is 16.0 Å². The van der Waals surface area contributed by atoms with E-state index in [2.05, 4.69) is 21.3 Å². The minimum atomic E-state index is -0.757. The molecule has 8 nitrogen and oxygen atoms in total. The van der Waals surface area contributed by atoms with Gasteiger partial charge < -0.3 is 30.6 Å². The summed E-state index contributed by atoms with van der Waals surface area (Å²) >= 11 is 0. The number of anilines is 1. The molecule has 4 rings (SSSR count). The summed E-state index contributed by atoms with van der Waals surface area (Å²) in [6, 6.07) is 14.5. The molecule has 0 saturated carbocycles. The Morgan fingerprint density at radius 2 is 1.84 bits per heavy atom. The van der Waals surface area contributed by atoms with Gasteiger partial charge in [-0.3, -0.25) is 4.79 Å². The molecule has 0 bridgehead atoms. The molecule has 1 unspecified atom stereocenters. The van der Waals surface area contributed by atoms with Gasteiger partial charge in [0.15, 0.2) is 0 Å². The van der Waals surface area contributed by atoms with Crippen molar-refractivity contribution in [2.75, 3.05) is 38.3 Å². The lowest BCUT2D eigenvalue weighted by molar-refractivity contribution is -0.132. The molecule has 1 aliphatic heterocycles. The average Bonchev–Trinajstić information content (AvgIpc) is 3.21. The summed E-state index contributed by atoms with van der Waals surface area (Å²) in [5.74, 6) is -0.189. The topological polar surface area (TPSA) is 104 Å². The van der Waals surface area contributed by atoms with Gasteiger partial charge in [0.25, 0.3) is 0 Å². The molecule has 1 aromatic heterocycles. The Kier molecular flexibility index (Phi) is 6.61. The number of aromatic nitrogens is 1. The number of fused-ring (bicyclic) bond motifs is 1. The van der Waals surface area contributed by atoms with Gasteiger partial charge in [0, 0.05) is 55.9 Å². The predicted molar refractivity (Wildman–Crippen MR) is 124 cm³/mol.